The summed E-state index contributed by atoms with van der Waals surface area (Å²) in [5, 5.41) is 21.0. The Kier molecular flexibility index (Phi) is 4.24. The molecule has 1 aliphatic rings. The van der Waals surface area contributed by atoms with Gasteiger partial charge in [0.1, 0.15) is 5.75 Å². The van der Waals surface area contributed by atoms with E-state index in [0.29, 0.717) is 13.0 Å². The Hall–Kier alpha value is -2.08. The maximum atomic E-state index is 12.2. The summed E-state index contributed by atoms with van der Waals surface area (Å²) in [6.45, 7) is 2.48. The van der Waals surface area contributed by atoms with E-state index in [4.69, 9.17) is 9.84 Å². The monoisotopic (exact) mass is 279 g/mol. The molecule has 1 heterocycles. The number of amides is 1. The molecule has 1 aromatic rings. The first kappa shape index (κ1) is 14.3. The van der Waals surface area contributed by atoms with Gasteiger partial charge in [-0.1, -0.05) is 6.92 Å². The molecule has 20 heavy (non-hydrogen) atoms. The van der Waals surface area contributed by atoms with Crippen LogP contribution in [0.15, 0.2) is 18.2 Å². The lowest BCUT2D eigenvalue weighted by Gasteiger charge is -2.17. The minimum absolute atomic E-state index is 0.125. The number of aromatic carboxylic acids is 1. The second kappa shape index (κ2) is 5.92. The van der Waals surface area contributed by atoms with Crippen LogP contribution in [-0.2, 0) is 9.53 Å². The van der Waals surface area contributed by atoms with Crippen molar-refractivity contribution in [1.29, 1.82) is 0 Å². The molecule has 6 nitrogen and oxygen atoms in total. The second-order valence-corrected chi connectivity index (χ2v) is 4.74. The predicted octanol–water partition coefficient (Wildman–Crippen LogP) is 1.84. The molecule has 1 aromatic carbocycles. The van der Waals surface area contributed by atoms with Crippen LogP contribution < -0.4 is 5.32 Å². The number of rotatable bonds is 4. The summed E-state index contributed by atoms with van der Waals surface area (Å²) in [5.41, 5.74) is 0.0485. The third kappa shape index (κ3) is 2.91. The largest absolute Gasteiger partial charge is 0.508 e. The molecule has 1 fully saturated rings. The maximum Gasteiger partial charge on any atom is 0.337 e. The lowest BCUT2D eigenvalue weighted by atomic mass is 9.98. The summed E-state index contributed by atoms with van der Waals surface area (Å²) in [7, 11) is 0. The second-order valence-electron chi connectivity index (χ2n) is 4.74. The molecule has 0 saturated carbocycles. The van der Waals surface area contributed by atoms with Crippen LogP contribution in [-0.4, -0.2) is 34.8 Å². The van der Waals surface area contributed by atoms with Crippen LogP contribution in [0, 0.1) is 5.92 Å². The number of hydrogen-bond donors (Lipinski definition) is 3. The fraction of sp³-hybridized carbons (Fsp3) is 0.429. The zero-order chi connectivity index (χ0) is 14.7. The average molecular weight is 279 g/mol. The molecule has 2 atom stereocenters. The Morgan fingerprint density at radius 2 is 2.20 bits per heavy atom. The number of ether oxygens (including phenoxy) is 1. The van der Waals surface area contributed by atoms with Gasteiger partial charge in [0.25, 0.3) is 0 Å². The third-order valence-corrected chi connectivity index (χ3v) is 3.44. The molecule has 108 valence electrons. The first-order chi connectivity index (χ1) is 9.52. The summed E-state index contributed by atoms with van der Waals surface area (Å²) in [6, 6.07) is 3.83. The van der Waals surface area contributed by atoms with Gasteiger partial charge in [0, 0.05) is 6.61 Å². The first-order valence-electron chi connectivity index (χ1n) is 6.51. The number of carbonyl (C=O) groups is 2. The normalized spacial score (nSPS) is 21.6. The van der Waals surface area contributed by atoms with Crippen molar-refractivity contribution in [3.63, 3.8) is 0 Å². The summed E-state index contributed by atoms with van der Waals surface area (Å²) >= 11 is 0. The van der Waals surface area contributed by atoms with Gasteiger partial charge in [-0.3, -0.25) is 4.79 Å². The highest BCUT2D eigenvalue weighted by molar-refractivity contribution is 6.01. The van der Waals surface area contributed by atoms with E-state index in [9.17, 15) is 14.7 Å². The van der Waals surface area contributed by atoms with Crippen molar-refractivity contribution in [2.45, 2.75) is 25.9 Å². The van der Waals surface area contributed by atoms with Crippen LogP contribution in [0.2, 0.25) is 0 Å². The van der Waals surface area contributed by atoms with Gasteiger partial charge in [0.05, 0.1) is 23.3 Å². The molecular formula is C14H17NO5. The van der Waals surface area contributed by atoms with Crippen molar-refractivity contribution in [2.75, 3.05) is 11.9 Å². The number of anilines is 1. The quantitative estimate of drug-likeness (QED) is 0.731. The van der Waals surface area contributed by atoms with E-state index in [-0.39, 0.29) is 34.9 Å². The van der Waals surface area contributed by atoms with Gasteiger partial charge < -0.3 is 20.3 Å². The zero-order valence-electron chi connectivity index (χ0n) is 11.1. The summed E-state index contributed by atoms with van der Waals surface area (Å²) in [4.78, 5) is 23.3. The van der Waals surface area contributed by atoms with E-state index in [2.05, 4.69) is 5.32 Å². The molecular weight excluding hydrogens is 262 g/mol. The van der Waals surface area contributed by atoms with Crippen molar-refractivity contribution in [1.82, 2.24) is 0 Å². The van der Waals surface area contributed by atoms with Crippen molar-refractivity contribution in [3.8, 4) is 5.75 Å². The molecule has 0 radical (unpaired) electrons. The van der Waals surface area contributed by atoms with Crippen LogP contribution in [0.1, 0.15) is 30.1 Å². The minimum atomic E-state index is -1.20. The highest BCUT2D eigenvalue weighted by Crippen LogP contribution is 2.27. The Morgan fingerprint density at radius 1 is 1.45 bits per heavy atom. The molecule has 1 aliphatic heterocycles. The van der Waals surface area contributed by atoms with Gasteiger partial charge in [0.15, 0.2) is 0 Å². The molecule has 0 spiro atoms. The molecule has 2 rings (SSSR count). The number of nitrogens with one attached hydrogen (secondary N) is 1. The van der Waals surface area contributed by atoms with Gasteiger partial charge >= 0.3 is 5.97 Å². The topological polar surface area (TPSA) is 95.9 Å². The Labute approximate surface area is 116 Å². The molecule has 6 heteroatoms. The lowest BCUT2D eigenvalue weighted by Crippen LogP contribution is -2.29. The first-order valence-corrected chi connectivity index (χ1v) is 6.51. The van der Waals surface area contributed by atoms with Crippen molar-refractivity contribution in [2.24, 2.45) is 5.92 Å². The average Bonchev–Trinajstić information content (AvgIpc) is 2.89. The van der Waals surface area contributed by atoms with Gasteiger partial charge in [0.2, 0.25) is 5.91 Å². The number of carbonyl (C=O) groups excluding carboxylic acids is 1. The number of phenols is 1. The molecule has 0 aliphatic carbocycles. The van der Waals surface area contributed by atoms with Gasteiger partial charge in [-0.15, -0.1) is 0 Å². The van der Waals surface area contributed by atoms with Crippen LogP contribution in [0.3, 0.4) is 0 Å². The Balaban J connectivity index is 2.17. The highest BCUT2D eigenvalue weighted by Gasteiger charge is 2.33. The Bertz CT molecular complexity index is 528. The summed E-state index contributed by atoms with van der Waals surface area (Å²) < 4.78 is 5.45. The third-order valence-electron chi connectivity index (χ3n) is 3.44. The summed E-state index contributed by atoms with van der Waals surface area (Å²) in [6.07, 6.45) is 1.24. The number of hydrogen-bond acceptors (Lipinski definition) is 4. The van der Waals surface area contributed by atoms with Crippen LogP contribution in [0.25, 0.3) is 0 Å². The fourth-order valence-corrected chi connectivity index (χ4v) is 2.39. The van der Waals surface area contributed by atoms with E-state index < -0.39 is 5.97 Å². The van der Waals surface area contributed by atoms with E-state index in [1.54, 1.807) is 0 Å². The van der Waals surface area contributed by atoms with Crippen molar-refractivity contribution < 1.29 is 24.5 Å². The van der Waals surface area contributed by atoms with Crippen LogP contribution >= 0.6 is 0 Å². The molecule has 0 aromatic heterocycles. The predicted molar refractivity (Wildman–Crippen MR) is 71.8 cm³/mol. The van der Waals surface area contributed by atoms with Gasteiger partial charge in [-0.2, -0.15) is 0 Å². The molecule has 3 N–H and O–H groups in total. The lowest BCUT2D eigenvalue weighted by molar-refractivity contribution is -0.121. The fourth-order valence-electron chi connectivity index (χ4n) is 2.39. The zero-order valence-corrected chi connectivity index (χ0v) is 11.1. The minimum Gasteiger partial charge on any atom is -0.508 e. The number of aromatic hydroxyl groups is 1. The Morgan fingerprint density at radius 3 is 2.85 bits per heavy atom. The van der Waals surface area contributed by atoms with Crippen molar-refractivity contribution in [3.05, 3.63) is 23.8 Å². The van der Waals surface area contributed by atoms with Crippen LogP contribution in [0.5, 0.6) is 5.75 Å². The highest BCUT2D eigenvalue weighted by atomic mass is 16.5. The molecule has 2 unspecified atom stereocenters. The van der Waals surface area contributed by atoms with Gasteiger partial charge in [-0.25, -0.2) is 4.79 Å². The maximum absolute atomic E-state index is 12.2. The summed E-state index contributed by atoms with van der Waals surface area (Å²) in [5.74, 6) is -1.88. The standard InChI is InChI=1S/C14H17NO5/c1-2-12-9(5-6-20-12)13(17)15-11-4-3-8(16)7-10(11)14(18)19/h3-4,7,9,12,16H,2,5-6H2,1H3,(H,15,17)(H,18,19). The smallest absolute Gasteiger partial charge is 0.337 e. The number of phenolic OH excluding ortho intramolecular Hbond substituents is 1. The van der Waals surface area contributed by atoms with Crippen LogP contribution in [0.4, 0.5) is 5.69 Å². The number of carboxylic acid groups (broad SMARTS) is 1. The van der Waals surface area contributed by atoms with E-state index >= 15 is 0 Å². The van der Waals surface area contributed by atoms with E-state index in [0.717, 1.165) is 12.5 Å². The number of benzene rings is 1. The molecule has 1 saturated heterocycles. The SMILES string of the molecule is CCC1OCCC1C(=O)Nc1ccc(O)cc1C(=O)O. The van der Waals surface area contributed by atoms with E-state index in [1.165, 1.54) is 12.1 Å². The van der Waals surface area contributed by atoms with E-state index in [1.807, 2.05) is 6.92 Å². The molecule has 0 bridgehead atoms. The van der Waals surface area contributed by atoms with Gasteiger partial charge in [-0.05, 0) is 31.0 Å². The molecule has 1 amide bonds. The number of carboxylic acids is 1. The van der Waals surface area contributed by atoms with Crippen molar-refractivity contribution >= 4 is 17.6 Å².